The number of hydrogen-bond acceptors (Lipinski definition) is 15. The zero-order valence-corrected chi connectivity index (χ0v) is 54.6. The lowest BCUT2D eigenvalue weighted by Gasteiger charge is -2.36. The number of nitrogens with zero attached hydrogens (tertiary/aromatic N) is 4. The highest BCUT2D eigenvalue weighted by Crippen LogP contribution is 2.35. The largest absolute Gasteiger partial charge is 0.493 e. The maximum atomic E-state index is 15.3. The van der Waals surface area contributed by atoms with Crippen LogP contribution in [0, 0.1) is 11.2 Å². The summed E-state index contributed by atoms with van der Waals surface area (Å²) in [5.74, 6) is -6.75. The Morgan fingerprint density at radius 1 is 0.747 bits per heavy atom. The second kappa shape index (κ2) is 33.6. The number of halogens is 1. The van der Waals surface area contributed by atoms with E-state index in [9.17, 15) is 38.4 Å². The van der Waals surface area contributed by atoms with Gasteiger partial charge in [-0.15, -0.1) is 0 Å². The second-order valence-corrected chi connectivity index (χ2v) is 24.9. The SMILES string of the molecule is CCCC[C@H]1C(=O)N[C@@H](Cc2ccc3ccccc3c2)C(=O)N(C)[C@@H](COC(C)(C)C)C(=O)NCC(=O)N(C)CCCC/C=C/C(=O)OCC(C)(C)C(=O)C(=O)N2CCCC[C@H]2C(=O)O[C@H](CCc2cc(F)c(OC)c(OC)c2)c2cccc(c2)OCC(=O)N1C. The number of carbonyl (C=O) groups excluding carboxylic acids is 9. The Balaban J connectivity index is 1.34. The number of methoxy groups -OCH3 is 2. The number of carbonyl (C=O) groups is 9. The normalized spacial score (nSPS) is 21.9. The molecule has 2 heterocycles. The van der Waals surface area contributed by atoms with Gasteiger partial charge in [0.15, 0.2) is 23.9 Å². The van der Waals surface area contributed by atoms with Crippen molar-refractivity contribution in [3.8, 4) is 17.2 Å². The lowest BCUT2D eigenvalue weighted by atomic mass is 9.87. The molecular weight excluding hydrogens is 1170 g/mol. The van der Waals surface area contributed by atoms with E-state index >= 15 is 9.18 Å². The molecule has 1 saturated heterocycles. The Morgan fingerprint density at radius 3 is 2.20 bits per heavy atom. The number of esters is 2. The number of rotatable bonds is 12. The summed E-state index contributed by atoms with van der Waals surface area (Å²) in [6.45, 7) is 9.00. The fourth-order valence-corrected chi connectivity index (χ4v) is 10.7. The van der Waals surface area contributed by atoms with Gasteiger partial charge >= 0.3 is 11.9 Å². The number of unbranched alkanes of at least 4 members (excludes halogenated alkanes) is 1. The fraction of sp³-hybridized carbons (Fsp3) is 0.522. The van der Waals surface area contributed by atoms with Gasteiger partial charge in [-0.2, -0.15) is 0 Å². The Morgan fingerprint density at radius 2 is 1.48 bits per heavy atom. The molecule has 0 unspecified atom stereocenters. The van der Waals surface area contributed by atoms with Crippen LogP contribution < -0.4 is 24.8 Å². The second-order valence-electron chi connectivity index (χ2n) is 24.9. The molecule has 2 bridgehead atoms. The van der Waals surface area contributed by atoms with Crippen molar-refractivity contribution in [2.75, 3.05) is 74.8 Å². The van der Waals surface area contributed by atoms with Crippen LogP contribution in [0.1, 0.15) is 129 Å². The van der Waals surface area contributed by atoms with Crippen molar-refractivity contribution in [1.82, 2.24) is 30.2 Å². The molecule has 0 radical (unpaired) electrons. The standard InChI is InChI=1S/C69H91FN6O15/c1-12-13-27-53-64(82)72-52(38-45-30-32-47-23-17-18-24-48(47)36-45)65(83)75(9)55(42-90-68(2,3)4)63(81)71-41-58(77)73(7)34-20-15-14-16-29-60(79)89-44-69(5,6)62(80)66(84)76-35-21-19-28-54(76)67(85)91-56(33-31-46-37-51(70)61(87-11)57(39-46)86-10)49-25-22-26-50(40-49)88-43-59(78)74(53)8/h16-18,22-26,29-30,32,36-37,39-40,52-56H,12-15,19-21,27-28,31,33-35,38,41-44H2,1-11H3,(H,71,81)(H,72,82)/b29-16+/t52-,53-,54-,55-,56+/m0/s1. The number of hydrogen-bond donors (Lipinski definition) is 2. The molecule has 0 aliphatic carbocycles. The van der Waals surface area contributed by atoms with Crippen molar-refractivity contribution in [1.29, 1.82) is 0 Å². The molecule has 4 aromatic carbocycles. The van der Waals surface area contributed by atoms with Gasteiger partial charge in [0.25, 0.3) is 11.8 Å². The molecule has 1 fully saturated rings. The molecule has 2 aliphatic heterocycles. The zero-order chi connectivity index (χ0) is 66.6. The maximum Gasteiger partial charge on any atom is 0.330 e. The van der Waals surface area contributed by atoms with Crippen molar-refractivity contribution in [2.45, 2.75) is 154 Å². The van der Waals surface area contributed by atoms with E-state index in [2.05, 4.69) is 10.6 Å². The molecule has 6 amide bonds. The van der Waals surface area contributed by atoms with Crippen LogP contribution in [0.3, 0.4) is 0 Å². The van der Waals surface area contributed by atoms with Crippen molar-refractivity contribution in [2.24, 2.45) is 5.41 Å². The highest BCUT2D eigenvalue weighted by atomic mass is 19.1. The molecule has 2 aliphatic rings. The summed E-state index contributed by atoms with van der Waals surface area (Å²) in [7, 11) is 7.20. The number of nitrogens with one attached hydrogen (secondary N) is 2. The Hall–Kier alpha value is -8.40. The number of allylic oxidation sites excluding steroid dienone is 1. The summed E-state index contributed by atoms with van der Waals surface area (Å²) in [6.07, 6.45) is 6.10. The van der Waals surface area contributed by atoms with Gasteiger partial charge in [-0.3, -0.25) is 33.6 Å². The lowest BCUT2D eigenvalue weighted by molar-refractivity contribution is -0.165. The predicted molar refractivity (Wildman–Crippen MR) is 339 cm³/mol. The summed E-state index contributed by atoms with van der Waals surface area (Å²) in [4.78, 5) is 133. The molecule has 0 spiro atoms. The fourth-order valence-electron chi connectivity index (χ4n) is 10.7. The smallest absolute Gasteiger partial charge is 0.330 e. The van der Waals surface area contributed by atoms with E-state index < -0.39 is 120 Å². The number of aryl methyl sites for hydroxylation is 1. The lowest BCUT2D eigenvalue weighted by Crippen LogP contribution is -2.59. The van der Waals surface area contributed by atoms with Crippen LogP contribution in [0.25, 0.3) is 10.8 Å². The van der Waals surface area contributed by atoms with Crippen LogP contribution in [-0.4, -0.2) is 177 Å². The molecule has 6 rings (SSSR count). The van der Waals surface area contributed by atoms with Crippen LogP contribution in [0.15, 0.2) is 91.0 Å². The molecule has 2 N–H and O–H groups in total. The molecule has 0 saturated carbocycles. The molecule has 4 aromatic rings. The average molecular weight is 1260 g/mol. The van der Waals surface area contributed by atoms with E-state index in [0.29, 0.717) is 68.2 Å². The monoisotopic (exact) mass is 1260 g/mol. The molecule has 494 valence electrons. The van der Waals surface area contributed by atoms with Crippen LogP contribution in [0.4, 0.5) is 4.39 Å². The van der Waals surface area contributed by atoms with E-state index in [4.69, 9.17) is 28.4 Å². The number of fused-ring (bicyclic) bond motifs is 4. The van der Waals surface area contributed by atoms with Gasteiger partial charge in [-0.25, -0.2) is 14.0 Å². The molecule has 91 heavy (non-hydrogen) atoms. The number of piperidine rings is 1. The highest BCUT2D eigenvalue weighted by molar-refractivity contribution is 6.38. The Bertz CT molecular complexity index is 3250. The first kappa shape index (κ1) is 71.7. The number of amides is 6. The van der Waals surface area contributed by atoms with Crippen LogP contribution >= 0.6 is 0 Å². The number of ketones is 1. The summed E-state index contributed by atoms with van der Waals surface area (Å²) >= 11 is 0. The van der Waals surface area contributed by atoms with E-state index in [1.807, 2.05) is 49.4 Å². The first-order valence-corrected chi connectivity index (χ1v) is 31.2. The third-order valence-electron chi connectivity index (χ3n) is 16.3. The van der Waals surface area contributed by atoms with Crippen LogP contribution in [0.2, 0.25) is 0 Å². The van der Waals surface area contributed by atoms with Crippen molar-refractivity contribution in [3.05, 3.63) is 114 Å². The highest BCUT2D eigenvalue weighted by Gasteiger charge is 2.43. The minimum Gasteiger partial charge on any atom is -0.493 e. The van der Waals surface area contributed by atoms with E-state index in [1.165, 1.54) is 73.9 Å². The van der Waals surface area contributed by atoms with Gasteiger partial charge in [0.2, 0.25) is 29.4 Å². The van der Waals surface area contributed by atoms with Crippen molar-refractivity contribution >= 4 is 63.9 Å². The third kappa shape index (κ3) is 20.6. The van der Waals surface area contributed by atoms with Crippen molar-refractivity contribution in [3.63, 3.8) is 0 Å². The van der Waals surface area contributed by atoms with E-state index in [1.54, 1.807) is 64.2 Å². The van der Waals surface area contributed by atoms with Gasteiger partial charge in [-0.05, 0) is 144 Å². The number of benzene rings is 4. The number of likely N-dealkylation sites (N-methyl/N-ethyl adjacent to an activating group) is 3. The predicted octanol–water partition coefficient (Wildman–Crippen LogP) is 7.81. The van der Waals surface area contributed by atoms with Gasteiger partial charge < -0.3 is 58.7 Å². The van der Waals surface area contributed by atoms with Crippen molar-refractivity contribution < 1.29 is 76.0 Å². The molecule has 0 aromatic heterocycles. The first-order valence-electron chi connectivity index (χ1n) is 31.2. The van der Waals surface area contributed by atoms with E-state index in [0.717, 1.165) is 10.8 Å². The summed E-state index contributed by atoms with van der Waals surface area (Å²) in [6, 6.07) is 17.9. The number of Topliss-reactive ketones (excluding diaryl/α,β-unsaturated/α-hetero) is 1. The Kier molecular flexibility index (Phi) is 26.5. The number of ether oxygens (including phenoxy) is 6. The minimum absolute atomic E-state index is 0.00841. The van der Waals surface area contributed by atoms with Gasteiger partial charge in [0.1, 0.15) is 42.6 Å². The third-order valence-corrected chi connectivity index (χ3v) is 16.3. The molecular formula is C69H91FN6O15. The minimum atomic E-state index is -1.49. The average Bonchev–Trinajstić information content (AvgIpc) is 1.54. The van der Waals surface area contributed by atoms with Crippen LogP contribution in [0.5, 0.6) is 17.2 Å². The van der Waals surface area contributed by atoms with Crippen LogP contribution in [-0.2, 0) is 70.2 Å². The maximum absolute atomic E-state index is 15.3. The quantitative estimate of drug-likeness (QED) is 0.101. The Labute approximate surface area is 533 Å². The van der Waals surface area contributed by atoms with E-state index in [-0.39, 0.29) is 62.5 Å². The van der Waals surface area contributed by atoms with Gasteiger partial charge in [0.05, 0.1) is 38.4 Å². The van der Waals surface area contributed by atoms with Gasteiger partial charge in [0, 0.05) is 46.7 Å². The summed E-state index contributed by atoms with van der Waals surface area (Å²) < 4.78 is 50.0. The molecule has 21 nitrogen and oxygen atoms in total. The topological polar surface area (TPSA) is 246 Å². The molecule has 22 heteroatoms. The summed E-state index contributed by atoms with van der Waals surface area (Å²) in [5, 5.41) is 7.51. The zero-order valence-electron chi connectivity index (χ0n) is 54.6. The summed E-state index contributed by atoms with van der Waals surface area (Å²) in [5.41, 5.74) is -0.650. The first-order chi connectivity index (χ1) is 43.2. The number of cyclic esters (lactones) is 2. The molecule has 5 atom stereocenters. The van der Waals surface area contributed by atoms with Gasteiger partial charge in [-0.1, -0.05) is 80.4 Å².